The zero-order valence-corrected chi connectivity index (χ0v) is 17.3. The summed E-state index contributed by atoms with van der Waals surface area (Å²) in [7, 11) is 0. The van der Waals surface area contributed by atoms with Gasteiger partial charge in [-0.1, -0.05) is 39.8 Å². The van der Waals surface area contributed by atoms with Crippen molar-refractivity contribution in [1.82, 2.24) is 40.0 Å². The number of benzene rings is 1. The number of nitrogens with zero attached hydrogens (tertiary/aromatic N) is 7. The summed E-state index contributed by atoms with van der Waals surface area (Å²) in [5.41, 5.74) is 4.32. The van der Waals surface area contributed by atoms with Gasteiger partial charge in [-0.15, -0.1) is 10.2 Å². The molecule has 0 aliphatic rings. The summed E-state index contributed by atoms with van der Waals surface area (Å²) >= 11 is 0. The molecule has 3 aromatic heterocycles. The molecule has 0 amide bonds. The largest absolute Gasteiger partial charge is 0.313 e. The van der Waals surface area contributed by atoms with Gasteiger partial charge >= 0.3 is 0 Å². The number of aryl methyl sites for hydroxylation is 1. The third-order valence-corrected chi connectivity index (χ3v) is 4.87. The predicted molar refractivity (Wildman–Crippen MR) is 111 cm³/mol. The van der Waals surface area contributed by atoms with Gasteiger partial charge in [-0.3, -0.25) is 0 Å². The molecule has 1 aromatic carbocycles. The van der Waals surface area contributed by atoms with E-state index in [-0.39, 0.29) is 5.41 Å². The van der Waals surface area contributed by atoms with Gasteiger partial charge in [0.15, 0.2) is 5.82 Å². The van der Waals surface area contributed by atoms with Crippen LogP contribution in [0.3, 0.4) is 0 Å². The molecule has 150 valence electrons. The fraction of sp³-hybridized carbons (Fsp3) is 0.381. The zero-order valence-electron chi connectivity index (χ0n) is 17.3. The molecule has 1 N–H and O–H groups in total. The second-order valence-electron chi connectivity index (χ2n) is 8.21. The lowest BCUT2D eigenvalue weighted by Crippen LogP contribution is -2.13. The van der Waals surface area contributed by atoms with Crippen molar-refractivity contribution in [3.05, 3.63) is 59.8 Å². The van der Waals surface area contributed by atoms with E-state index >= 15 is 0 Å². The first-order chi connectivity index (χ1) is 14.0. The summed E-state index contributed by atoms with van der Waals surface area (Å²) in [6.07, 6.45) is 5.83. The quantitative estimate of drug-likeness (QED) is 0.544. The normalized spacial score (nSPS) is 11.9. The van der Waals surface area contributed by atoms with Crippen LogP contribution < -0.4 is 0 Å². The Morgan fingerprint density at radius 2 is 1.86 bits per heavy atom. The monoisotopic (exact) mass is 390 g/mol. The number of nitrogens with one attached hydrogen (secondary N) is 1. The number of tetrazole rings is 1. The first-order valence-corrected chi connectivity index (χ1v) is 9.89. The number of aromatic nitrogens is 8. The molecule has 0 spiro atoms. The third kappa shape index (κ3) is 3.96. The van der Waals surface area contributed by atoms with Gasteiger partial charge < -0.3 is 4.57 Å². The van der Waals surface area contributed by atoms with E-state index in [9.17, 15) is 0 Å². The molecule has 0 radical (unpaired) electrons. The van der Waals surface area contributed by atoms with Crippen molar-refractivity contribution in [2.45, 2.75) is 52.5 Å². The molecule has 8 nitrogen and oxygen atoms in total. The van der Waals surface area contributed by atoms with Crippen LogP contribution in [0.25, 0.3) is 17.2 Å². The fourth-order valence-electron chi connectivity index (χ4n) is 3.44. The summed E-state index contributed by atoms with van der Waals surface area (Å²) in [5, 5.41) is 19.3. The Hall–Kier alpha value is -3.29. The van der Waals surface area contributed by atoms with Crippen LogP contribution in [0, 0.1) is 0 Å². The van der Waals surface area contributed by atoms with Crippen molar-refractivity contribution in [3.8, 4) is 17.2 Å². The Balaban J connectivity index is 1.63. The molecule has 0 unspecified atom stereocenters. The molecule has 8 heteroatoms. The van der Waals surface area contributed by atoms with Crippen LogP contribution in [0.4, 0.5) is 0 Å². The summed E-state index contributed by atoms with van der Waals surface area (Å²) in [6, 6.07) is 10.6. The van der Waals surface area contributed by atoms with Gasteiger partial charge in [0, 0.05) is 18.3 Å². The topological polar surface area (TPSA) is 90.1 Å². The van der Waals surface area contributed by atoms with Crippen molar-refractivity contribution in [3.63, 3.8) is 0 Å². The molecule has 0 saturated carbocycles. The van der Waals surface area contributed by atoms with E-state index in [1.807, 2.05) is 4.68 Å². The molecule has 0 atom stereocenters. The van der Waals surface area contributed by atoms with Crippen LogP contribution in [-0.2, 0) is 18.4 Å². The summed E-state index contributed by atoms with van der Waals surface area (Å²) in [6.45, 7) is 9.39. The Bertz CT molecular complexity index is 1070. The van der Waals surface area contributed by atoms with Crippen molar-refractivity contribution in [2.75, 3.05) is 0 Å². The smallest absolute Gasteiger partial charge is 0.221 e. The molecule has 4 aromatic rings. The van der Waals surface area contributed by atoms with Crippen LogP contribution in [0.2, 0.25) is 0 Å². The SMILES string of the molecule is CCCc1ncn(Cc2ccc(-n3ccc(C(C)(C)C)c3-c3nn[nH]n3)cc2)n1. The minimum atomic E-state index is -0.0373. The van der Waals surface area contributed by atoms with Crippen molar-refractivity contribution < 1.29 is 0 Å². The number of H-pyrrole nitrogens is 1. The van der Waals surface area contributed by atoms with Gasteiger partial charge in [0.1, 0.15) is 6.33 Å². The van der Waals surface area contributed by atoms with Gasteiger partial charge in [-0.05, 0) is 46.4 Å². The number of hydrogen-bond donors (Lipinski definition) is 1. The number of hydrogen-bond acceptors (Lipinski definition) is 5. The van der Waals surface area contributed by atoms with E-state index in [2.05, 4.69) is 99.5 Å². The molecule has 29 heavy (non-hydrogen) atoms. The van der Waals surface area contributed by atoms with E-state index in [0.717, 1.165) is 30.0 Å². The number of aromatic amines is 1. The van der Waals surface area contributed by atoms with E-state index in [1.54, 1.807) is 6.33 Å². The van der Waals surface area contributed by atoms with Crippen LogP contribution in [-0.4, -0.2) is 40.0 Å². The van der Waals surface area contributed by atoms with E-state index in [0.29, 0.717) is 12.4 Å². The van der Waals surface area contributed by atoms with Gasteiger partial charge in [-0.25, -0.2) is 9.67 Å². The molecule has 3 heterocycles. The van der Waals surface area contributed by atoms with Crippen LogP contribution in [0.5, 0.6) is 0 Å². The van der Waals surface area contributed by atoms with Gasteiger partial charge in [0.2, 0.25) is 5.82 Å². The average molecular weight is 390 g/mol. The average Bonchev–Trinajstić information content (AvgIpc) is 3.42. The van der Waals surface area contributed by atoms with Crippen LogP contribution in [0.15, 0.2) is 42.9 Å². The Labute approximate surface area is 170 Å². The summed E-state index contributed by atoms with van der Waals surface area (Å²) in [5.74, 6) is 1.49. The maximum atomic E-state index is 4.53. The fourth-order valence-corrected chi connectivity index (χ4v) is 3.44. The molecular weight excluding hydrogens is 364 g/mol. The van der Waals surface area contributed by atoms with E-state index in [1.165, 1.54) is 11.1 Å². The van der Waals surface area contributed by atoms with Crippen LogP contribution in [0.1, 0.15) is 51.1 Å². The lowest BCUT2D eigenvalue weighted by atomic mass is 9.87. The minimum absolute atomic E-state index is 0.0373. The van der Waals surface area contributed by atoms with Gasteiger partial charge in [0.05, 0.1) is 12.2 Å². The molecule has 0 bridgehead atoms. The molecule has 0 fully saturated rings. The lowest BCUT2D eigenvalue weighted by molar-refractivity contribution is 0.591. The zero-order chi connectivity index (χ0) is 20.4. The summed E-state index contributed by atoms with van der Waals surface area (Å²) in [4.78, 5) is 4.36. The predicted octanol–water partition coefficient (Wildman–Crippen LogP) is 3.55. The Morgan fingerprint density at radius 3 is 2.52 bits per heavy atom. The lowest BCUT2D eigenvalue weighted by Gasteiger charge is -2.19. The molecule has 0 aliphatic carbocycles. The maximum Gasteiger partial charge on any atom is 0.221 e. The maximum absolute atomic E-state index is 4.53. The number of rotatable bonds is 6. The standard InChI is InChI=1S/C21H26N8/c1-5-6-18-22-14-28(25-18)13-15-7-9-16(10-8-15)29-12-11-17(21(2,3)4)19(29)20-23-26-27-24-20/h7-12,14H,5-6,13H2,1-4H3,(H,23,24,26,27). The van der Waals surface area contributed by atoms with Gasteiger partial charge in [0.25, 0.3) is 0 Å². The highest BCUT2D eigenvalue weighted by Gasteiger charge is 2.25. The van der Waals surface area contributed by atoms with E-state index < -0.39 is 0 Å². The second kappa shape index (κ2) is 7.62. The van der Waals surface area contributed by atoms with Crippen molar-refractivity contribution in [2.24, 2.45) is 0 Å². The highest BCUT2D eigenvalue weighted by Crippen LogP contribution is 2.34. The molecular formula is C21H26N8. The second-order valence-corrected chi connectivity index (χ2v) is 8.21. The Morgan fingerprint density at radius 1 is 1.07 bits per heavy atom. The van der Waals surface area contributed by atoms with Crippen LogP contribution >= 0.6 is 0 Å². The highest BCUT2D eigenvalue weighted by atomic mass is 15.5. The van der Waals surface area contributed by atoms with Crippen molar-refractivity contribution in [1.29, 1.82) is 0 Å². The summed E-state index contributed by atoms with van der Waals surface area (Å²) < 4.78 is 4.00. The highest BCUT2D eigenvalue weighted by molar-refractivity contribution is 5.62. The third-order valence-electron chi connectivity index (χ3n) is 4.87. The first kappa shape index (κ1) is 19.0. The Kier molecular flexibility index (Phi) is 5.00. The first-order valence-electron chi connectivity index (χ1n) is 9.89. The minimum Gasteiger partial charge on any atom is -0.313 e. The van der Waals surface area contributed by atoms with Gasteiger partial charge in [-0.2, -0.15) is 10.3 Å². The van der Waals surface area contributed by atoms with E-state index in [4.69, 9.17) is 0 Å². The molecule has 4 rings (SSSR count). The molecule has 0 aliphatic heterocycles. The molecule has 0 saturated heterocycles. The van der Waals surface area contributed by atoms with Crippen molar-refractivity contribution >= 4 is 0 Å².